The van der Waals surface area contributed by atoms with Gasteiger partial charge in [0.1, 0.15) is 6.54 Å². The summed E-state index contributed by atoms with van der Waals surface area (Å²) in [5.41, 5.74) is 2.42. The maximum absolute atomic E-state index is 12.3. The topological polar surface area (TPSA) is 69.7 Å². The van der Waals surface area contributed by atoms with Crippen molar-refractivity contribution in [2.24, 2.45) is 0 Å². The van der Waals surface area contributed by atoms with E-state index in [0.717, 1.165) is 18.4 Å². The van der Waals surface area contributed by atoms with Crippen LogP contribution in [0, 0.1) is 0 Å². The summed E-state index contributed by atoms with van der Waals surface area (Å²) in [6.45, 7) is 3.20. The molecular formula is C17H21N3O3. The molecule has 3 rings (SSSR count). The van der Waals surface area contributed by atoms with Crippen LogP contribution in [0.4, 0.5) is 0 Å². The lowest BCUT2D eigenvalue weighted by molar-refractivity contribution is -0.156. The van der Waals surface area contributed by atoms with E-state index in [1.807, 2.05) is 25.1 Å². The molecule has 1 aromatic carbocycles. The van der Waals surface area contributed by atoms with Gasteiger partial charge in [0, 0.05) is 19.6 Å². The third-order valence-corrected chi connectivity index (χ3v) is 4.58. The summed E-state index contributed by atoms with van der Waals surface area (Å²) in [6, 6.07) is 8.08. The maximum atomic E-state index is 12.3. The summed E-state index contributed by atoms with van der Waals surface area (Å²) in [7, 11) is 0. The number of amides is 3. The van der Waals surface area contributed by atoms with Gasteiger partial charge < -0.3 is 15.1 Å². The van der Waals surface area contributed by atoms with E-state index in [1.165, 1.54) is 15.4 Å². The Morgan fingerprint density at radius 1 is 1.17 bits per heavy atom. The van der Waals surface area contributed by atoms with Gasteiger partial charge in [-0.1, -0.05) is 24.3 Å². The molecule has 23 heavy (non-hydrogen) atoms. The second-order valence-electron chi connectivity index (χ2n) is 5.97. The minimum Gasteiger partial charge on any atom is -0.348 e. The fourth-order valence-electron chi connectivity index (χ4n) is 3.29. The largest absolute Gasteiger partial charge is 0.348 e. The average molecular weight is 315 g/mol. The van der Waals surface area contributed by atoms with Crippen molar-refractivity contribution in [3.8, 4) is 0 Å². The number of nitrogens with zero attached hydrogens (tertiary/aromatic N) is 2. The highest BCUT2D eigenvalue weighted by atomic mass is 16.2. The predicted molar refractivity (Wildman–Crippen MR) is 84.5 cm³/mol. The molecule has 0 aromatic heterocycles. The van der Waals surface area contributed by atoms with E-state index >= 15 is 0 Å². The summed E-state index contributed by atoms with van der Waals surface area (Å²) in [5, 5.41) is 2.99. The van der Waals surface area contributed by atoms with Gasteiger partial charge in [0.05, 0.1) is 6.04 Å². The van der Waals surface area contributed by atoms with Crippen LogP contribution < -0.4 is 5.32 Å². The molecular weight excluding hydrogens is 294 g/mol. The molecule has 2 aliphatic rings. The van der Waals surface area contributed by atoms with Gasteiger partial charge in [-0.05, 0) is 30.9 Å². The van der Waals surface area contributed by atoms with E-state index in [9.17, 15) is 14.4 Å². The van der Waals surface area contributed by atoms with Crippen molar-refractivity contribution in [2.75, 3.05) is 26.2 Å². The Balaban J connectivity index is 1.58. The molecule has 1 N–H and O–H groups in total. The Hall–Kier alpha value is -2.37. The van der Waals surface area contributed by atoms with Gasteiger partial charge in [-0.3, -0.25) is 14.4 Å². The molecule has 1 aliphatic carbocycles. The molecule has 0 bridgehead atoms. The van der Waals surface area contributed by atoms with Crippen LogP contribution in [0.5, 0.6) is 0 Å². The molecule has 0 radical (unpaired) electrons. The van der Waals surface area contributed by atoms with Crippen LogP contribution in [-0.4, -0.2) is 53.7 Å². The average Bonchev–Trinajstić information content (AvgIpc) is 2.95. The Morgan fingerprint density at radius 2 is 1.87 bits per heavy atom. The number of aryl methyl sites for hydroxylation is 1. The number of fused-ring (bicyclic) bond motifs is 1. The van der Waals surface area contributed by atoms with Crippen molar-refractivity contribution >= 4 is 17.7 Å². The fraction of sp³-hybridized carbons (Fsp3) is 0.471. The van der Waals surface area contributed by atoms with Gasteiger partial charge in [0.25, 0.3) is 0 Å². The first-order chi connectivity index (χ1) is 11.1. The highest BCUT2D eigenvalue weighted by Gasteiger charge is 2.33. The van der Waals surface area contributed by atoms with Gasteiger partial charge in [-0.25, -0.2) is 0 Å². The van der Waals surface area contributed by atoms with Gasteiger partial charge in [-0.15, -0.1) is 0 Å². The SMILES string of the molecule is CCN1CCN(CC(=O)N[C@H]2CCc3ccccc32)C(=O)C1=O. The predicted octanol–water partition coefficient (Wildman–Crippen LogP) is 0.481. The standard InChI is InChI=1S/C17H21N3O3/c1-2-19-9-10-20(17(23)16(19)22)11-15(21)18-14-8-7-12-5-3-4-6-13(12)14/h3-6,14H,2,7-11H2,1H3,(H,18,21)/t14-/m0/s1. The Kier molecular flexibility index (Phi) is 4.32. The molecule has 0 unspecified atom stereocenters. The van der Waals surface area contributed by atoms with Crippen molar-refractivity contribution in [2.45, 2.75) is 25.8 Å². The molecule has 1 aliphatic heterocycles. The molecule has 6 nitrogen and oxygen atoms in total. The van der Waals surface area contributed by atoms with E-state index in [1.54, 1.807) is 0 Å². The zero-order valence-electron chi connectivity index (χ0n) is 13.2. The Bertz CT molecular complexity index is 644. The monoisotopic (exact) mass is 315 g/mol. The van der Waals surface area contributed by atoms with Crippen molar-refractivity contribution < 1.29 is 14.4 Å². The van der Waals surface area contributed by atoms with E-state index in [2.05, 4.69) is 11.4 Å². The molecule has 1 atom stereocenters. The lowest BCUT2D eigenvalue weighted by Crippen LogP contribution is -2.56. The van der Waals surface area contributed by atoms with E-state index in [4.69, 9.17) is 0 Å². The first kappa shape index (κ1) is 15.5. The van der Waals surface area contributed by atoms with Crippen LogP contribution in [0.3, 0.4) is 0 Å². The van der Waals surface area contributed by atoms with Crippen LogP contribution in [0.15, 0.2) is 24.3 Å². The molecule has 1 heterocycles. The normalized spacial score (nSPS) is 20.7. The van der Waals surface area contributed by atoms with Crippen molar-refractivity contribution in [1.29, 1.82) is 0 Å². The molecule has 6 heteroatoms. The van der Waals surface area contributed by atoms with Gasteiger partial charge in [0.15, 0.2) is 0 Å². The number of nitrogens with one attached hydrogen (secondary N) is 1. The van der Waals surface area contributed by atoms with Crippen LogP contribution in [0.2, 0.25) is 0 Å². The summed E-state index contributed by atoms with van der Waals surface area (Å²) in [4.78, 5) is 39.0. The zero-order chi connectivity index (χ0) is 16.4. The molecule has 3 amide bonds. The van der Waals surface area contributed by atoms with E-state index in [-0.39, 0.29) is 18.5 Å². The van der Waals surface area contributed by atoms with Crippen LogP contribution in [-0.2, 0) is 20.8 Å². The lowest BCUT2D eigenvalue weighted by Gasteiger charge is -2.32. The first-order valence-corrected chi connectivity index (χ1v) is 8.05. The molecule has 0 saturated carbocycles. The fourth-order valence-corrected chi connectivity index (χ4v) is 3.29. The van der Waals surface area contributed by atoms with Gasteiger partial charge in [-0.2, -0.15) is 0 Å². The number of hydrogen-bond donors (Lipinski definition) is 1. The van der Waals surface area contributed by atoms with E-state index in [0.29, 0.717) is 19.6 Å². The quantitative estimate of drug-likeness (QED) is 0.822. The third kappa shape index (κ3) is 3.06. The van der Waals surface area contributed by atoms with Gasteiger partial charge >= 0.3 is 11.8 Å². The number of piperazine rings is 1. The minimum atomic E-state index is -0.583. The summed E-state index contributed by atoms with van der Waals surface area (Å²) < 4.78 is 0. The highest BCUT2D eigenvalue weighted by molar-refractivity contribution is 6.35. The van der Waals surface area contributed by atoms with E-state index < -0.39 is 11.8 Å². The molecule has 1 aromatic rings. The molecule has 1 fully saturated rings. The molecule has 122 valence electrons. The van der Waals surface area contributed by atoms with Crippen molar-refractivity contribution in [3.63, 3.8) is 0 Å². The number of rotatable bonds is 4. The Morgan fingerprint density at radius 3 is 2.65 bits per heavy atom. The number of likely N-dealkylation sites (N-methyl/N-ethyl adjacent to an activating group) is 1. The maximum Gasteiger partial charge on any atom is 0.312 e. The second kappa shape index (κ2) is 6.40. The van der Waals surface area contributed by atoms with Gasteiger partial charge in [0.2, 0.25) is 5.91 Å². The number of benzene rings is 1. The number of hydrogen-bond acceptors (Lipinski definition) is 3. The van der Waals surface area contributed by atoms with Crippen molar-refractivity contribution in [3.05, 3.63) is 35.4 Å². The zero-order valence-corrected chi connectivity index (χ0v) is 13.2. The highest BCUT2D eigenvalue weighted by Crippen LogP contribution is 2.30. The van der Waals surface area contributed by atoms with Crippen LogP contribution in [0.25, 0.3) is 0 Å². The summed E-state index contributed by atoms with van der Waals surface area (Å²) in [6.07, 6.45) is 1.83. The first-order valence-electron chi connectivity index (χ1n) is 8.05. The summed E-state index contributed by atoms with van der Waals surface area (Å²) in [5.74, 6) is -1.31. The van der Waals surface area contributed by atoms with Crippen molar-refractivity contribution in [1.82, 2.24) is 15.1 Å². The van der Waals surface area contributed by atoms with Crippen LogP contribution >= 0.6 is 0 Å². The van der Waals surface area contributed by atoms with Crippen LogP contribution in [0.1, 0.15) is 30.5 Å². The lowest BCUT2D eigenvalue weighted by atomic mass is 10.1. The smallest absolute Gasteiger partial charge is 0.312 e. The Labute approximate surface area is 135 Å². The second-order valence-corrected chi connectivity index (χ2v) is 5.97. The summed E-state index contributed by atoms with van der Waals surface area (Å²) >= 11 is 0. The number of carbonyl (C=O) groups is 3. The third-order valence-electron chi connectivity index (χ3n) is 4.58. The molecule has 1 saturated heterocycles. The number of carbonyl (C=O) groups excluding carboxylic acids is 3. The molecule has 0 spiro atoms. The minimum absolute atomic E-state index is 0.00133.